The predicted molar refractivity (Wildman–Crippen MR) is 130 cm³/mol. The number of carboxylic acids is 1. The molecular formula is C27H32N2O6. The zero-order valence-corrected chi connectivity index (χ0v) is 20.1. The third-order valence-corrected chi connectivity index (χ3v) is 7.18. The predicted octanol–water partition coefficient (Wildman–Crippen LogP) is 3.83. The molecule has 0 radical (unpaired) electrons. The molecule has 35 heavy (non-hydrogen) atoms. The van der Waals surface area contributed by atoms with Gasteiger partial charge in [-0.15, -0.1) is 0 Å². The summed E-state index contributed by atoms with van der Waals surface area (Å²) in [6.07, 6.45) is 1.34. The molecule has 0 saturated heterocycles. The van der Waals surface area contributed by atoms with Crippen LogP contribution in [-0.4, -0.2) is 54.5 Å². The first-order chi connectivity index (χ1) is 16.8. The van der Waals surface area contributed by atoms with E-state index in [0.717, 1.165) is 35.1 Å². The molecule has 0 heterocycles. The normalized spacial score (nSPS) is 17.7. The second-order valence-electron chi connectivity index (χ2n) is 9.44. The van der Waals surface area contributed by atoms with Gasteiger partial charge in [-0.3, -0.25) is 9.59 Å². The summed E-state index contributed by atoms with van der Waals surface area (Å²) >= 11 is 0. The number of amides is 2. The van der Waals surface area contributed by atoms with Crippen LogP contribution in [0.2, 0.25) is 0 Å². The lowest BCUT2D eigenvalue weighted by atomic mass is 9.92. The highest BCUT2D eigenvalue weighted by Crippen LogP contribution is 2.44. The van der Waals surface area contributed by atoms with Crippen molar-refractivity contribution < 1.29 is 29.0 Å². The lowest BCUT2D eigenvalue weighted by molar-refractivity contribution is -0.139. The molecule has 8 heteroatoms. The van der Waals surface area contributed by atoms with Crippen molar-refractivity contribution >= 4 is 18.0 Å². The van der Waals surface area contributed by atoms with Gasteiger partial charge in [0, 0.05) is 13.0 Å². The molecular weight excluding hydrogens is 448 g/mol. The Morgan fingerprint density at radius 1 is 1.03 bits per heavy atom. The first kappa shape index (κ1) is 24.7. The average molecular weight is 481 g/mol. The van der Waals surface area contributed by atoms with Gasteiger partial charge in [0.2, 0.25) is 5.91 Å². The Labute approximate surface area is 205 Å². The third kappa shape index (κ3) is 5.32. The zero-order valence-electron chi connectivity index (χ0n) is 20.1. The smallest absolute Gasteiger partial charge is 0.407 e. The highest BCUT2D eigenvalue weighted by atomic mass is 16.5. The molecule has 4 rings (SSSR count). The van der Waals surface area contributed by atoms with Crippen molar-refractivity contribution in [3.63, 3.8) is 0 Å². The maximum atomic E-state index is 13.2. The van der Waals surface area contributed by atoms with Crippen molar-refractivity contribution in [2.75, 3.05) is 13.7 Å². The number of rotatable bonds is 9. The molecule has 0 aliphatic heterocycles. The fraction of sp³-hybridized carbons (Fsp3) is 0.444. The van der Waals surface area contributed by atoms with Crippen molar-refractivity contribution in [1.82, 2.24) is 10.6 Å². The van der Waals surface area contributed by atoms with Gasteiger partial charge >= 0.3 is 12.1 Å². The Morgan fingerprint density at radius 3 is 2.14 bits per heavy atom. The minimum absolute atomic E-state index is 0.0994. The van der Waals surface area contributed by atoms with Gasteiger partial charge in [0.1, 0.15) is 12.6 Å². The summed E-state index contributed by atoms with van der Waals surface area (Å²) in [5.41, 5.74) is 3.64. The maximum absolute atomic E-state index is 13.2. The Kier molecular flexibility index (Phi) is 7.40. The van der Waals surface area contributed by atoms with Crippen LogP contribution in [0, 0.1) is 0 Å². The first-order valence-corrected chi connectivity index (χ1v) is 12.0. The second-order valence-corrected chi connectivity index (χ2v) is 9.44. The number of carbonyl (C=O) groups is 3. The molecule has 0 unspecified atom stereocenters. The lowest BCUT2D eigenvalue weighted by Crippen LogP contribution is -2.58. The number of aliphatic carboxylic acids is 1. The molecule has 0 spiro atoms. The van der Waals surface area contributed by atoms with Crippen molar-refractivity contribution in [3.05, 3.63) is 59.7 Å². The summed E-state index contributed by atoms with van der Waals surface area (Å²) in [7, 11) is 1.45. The Bertz CT molecular complexity index is 1050. The number of hydrogen-bond acceptors (Lipinski definition) is 5. The van der Waals surface area contributed by atoms with Gasteiger partial charge in [0.15, 0.2) is 0 Å². The van der Waals surface area contributed by atoms with E-state index in [1.165, 1.54) is 7.11 Å². The largest absolute Gasteiger partial charge is 0.481 e. The Hall–Kier alpha value is -3.39. The van der Waals surface area contributed by atoms with Crippen LogP contribution >= 0.6 is 0 Å². The van der Waals surface area contributed by atoms with E-state index in [1.54, 1.807) is 6.92 Å². The molecule has 2 aromatic rings. The van der Waals surface area contributed by atoms with Crippen LogP contribution in [0.4, 0.5) is 4.79 Å². The van der Waals surface area contributed by atoms with Gasteiger partial charge in [0.25, 0.3) is 0 Å². The summed E-state index contributed by atoms with van der Waals surface area (Å²) in [5.74, 6) is -1.54. The minimum atomic E-state index is -1.03. The van der Waals surface area contributed by atoms with E-state index in [9.17, 15) is 19.5 Å². The van der Waals surface area contributed by atoms with Crippen molar-refractivity contribution in [3.8, 4) is 11.1 Å². The number of methoxy groups -OCH3 is 1. The molecule has 0 aromatic heterocycles. The number of fused-ring (bicyclic) bond motifs is 3. The fourth-order valence-corrected chi connectivity index (χ4v) is 5.33. The SMILES string of the molecule is CO[C@H](C)[C@H](NC(=O)OCC1c2ccccc2-c2ccccc21)C(=O)NC1(CC(=O)O)CCCC1. The minimum Gasteiger partial charge on any atom is -0.481 e. The van der Waals surface area contributed by atoms with Crippen LogP contribution in [-0.2, 0) is 19.1 Å². The van der Waals surface area contributed by atoms with E-state index in [4.69, 9.17) is 9.47 Å². The van der Waals surface area contributed by atoms with E-state index in [2.05, 4.69) is 22.8 Å². The van der Waals surface area contributed by atoms with E-state index in [0.29, 0.717) is 12.8 Å². The molecule has 2 amide bonds. The van der Waals surface area contributed by atoms with Gasteiger partial charge < -0.3 is 25.2 Å². The van der Waals surface area contributed by atoms with E-state index < -0.39 is 35.7 Å². The topological polar surface area (TPSA) is 114 Å². The summed E-state index contributed by atoms with van der Waals surface area (Å²) in [6.45, 7) is 1.80. The van der Waals surface area contributed by atoms with Gasteiger partial charge in [-0.05, 0) is 42.0 Å². The Morgan fingerprint density at radius 2 is 1.60 bits per heavy atom. The van der Waals surface area contributed by atoms with E-state index in [-0.39, 0.29) is 18.9 Å². The Balaban J connectivity index is 1.43. The number of ether oxygens (including phenoxy) is 2. The van der Waals surface area contributed by atoms with Crippen LogP contribution in [0.1, 0.15) is 56.1 Å². The molecule has 8 nitrogen and oxygen atoms in total. The summed E-state index contributed by atoms with van der Waals surface area (Å²) < 4.78 is 10.9. The molecule has 1 fully saturated rings. The standard InChI is InChI=1S/C27H32N2O6/c1-17(34-2)24(25(32)29-27(15-23(30)31)13-7-8-14-27)28-26(33)35-16-22-20-11-5-3-9-18(20)19-10-4-6-12-21(19)22/h3-6,9-12,17,22,24H,7-8,13-16H2,1-2H3,(H,28,33)(H,29,32)(H,30,31)/t17-,24+/m1/s1. The van der Waals surface area contributed by atoms with Crippen LogP contribution in [0.15, 0.2) is 48.5 Å². The van der Waals surface area contributed by atoms with Gasteiger partial charge in [-0.25, -0.2) is 4.79 Å². The van der Waals surface area contributed by atoms with E-state index in [1.807, 2.05) is 36.4 Å². The molecule has 2 aliphatic rings. The number of alkyl carbamates (subject to hydrolysis) is 1. The highest BCUT2D eigenvalue weighted by molar-refractivity contribution is 5.87. The van der Waals surface area contributed by atoms with Gasteiger partial charge in [-0.1, -0.05) is 61.4 Å². The number of carbonyl (C=O) groups excluding carboxylic acids is 2. The van der Waals surface area contributed by atoms with Crippen LogP contribution in [0.5, 0.6) is 0 Å². The summed E-state index contributed by atoms with van der Waals surface area (Å²) in [6, 6.07) is 15.1. The second kappa shape index (κ2) is 10.5. The van der Waals surface area contributed by atoms with Crippen LogP contribution in [0.3, 0.4) is 0 Å². The first-order valence-electron chi connectivity index (χ1n) is 12.0. The van der Waals surface area contributed by atoms with Crippen molar-refractivity contribution in [2.24, 2.45) is 0 Å². The number of benzene rings is 2. The third-order valence-electron chi connectivity index (χ3n) is 7.18. The summed E-state index contributed by atoms with van der Waals surface area (Å²) in [4.78, 5) is 37.3. The van der Waals surface area contributed by atoms with Gasteiger partial charge in [-0.2, -0.15) is 0 Å². The van der Waals surface area contributed by atoms with E-state index >= 15 is 0 Å². The fourth-order valence-electron chi connectivity index (χ4n) is 5.33. The number of carboxylic acid groups (broad SMARTS) is 1. The van der Waals surface area contributed by atoms with Crippen molar-refractivity contribution in [2.45, 2.75) is 62.6 Å². The van der Waals surface area contributed by atoms with Crippen molar-refractivity contribution in [1.29, 1.82) is 0 Å². The van der Waals surface area contributed by atoms with Crippen LogP contribution in [0.25, 0.3) is 11.1 Å². The van der Waals surface area contributed by atoms with Crippen LogP contribution < -0.4 is 10.6 Å². The molecule has 1 saturated carbocycles. The zero-order chi connectivity index (χ0) is 25.0. The molecule has 186 valence electrons. The monoisotopic (exact) mass is 480 g/mol. The molecule has 3 N–H and O–H groups in total. The maximum Gasteiger partial charge on any atom is 0.407 e. The summed E-state index contributed by atoms with van der Waals surface area (Å²) in [5, 5.41) is 14.9. The molecule has 2 atom stereocenters. The molecule has 2 aliphatic carbocycles. The number of hydrogen-bond donors (Lipinski definition) is 3. The quantitative estimate of drug-likeness (QED) is 0.503. The lowest BCUT2D eigenvalue weighted by Gasteiger charge is -2.32. The molecule has 0 bridgehead atoms. The highest BCUT2D eigenvalue weighted by Gasteiger charge is 2.40. The average Bonchev–Trinajstić information content (AvgIpc) is 3.42. The van der Waals surface area contributed by atoms with Gasteiger partial charge in [0.05, 0.1) is 18.1 Å². The molecule has 2 aromatic carbocycles. The number of nitrogens with one attached hydrogen (secondary N) is 2.